The van der Waals surface area contributed by atoms with E-state index in [4.69, 9.17) is 16.3 Å². The Labute approximate surface area is 105 Å². The van der Waals surface area contributed by atoms with Crippen LogP contribution in [-0.2, 0) is 11.2 Å². The van der Waals surface area contributed by atoms with Crippen LogP contribution in [-0.4, -0.2) is 41.9 Å². The molecule has 0 radical (unpaired) electrons. The monoisotopic (exact) mass is 255 g/mol. The SMILES string of the molecule is CN1C(=O)OC(Cc2ccc(Cl)cc2)C1CO. The van der Waals surface area contributed by atoms with Crippen molar-refractivity contribution in [2.45, 2.75) is 18.6 Å². The molecule has 2 rings (SSSR count). The highest BCUT2D eigenvalue weighted by molar-refractivity contribution is 6.30. The Balaban J connectivity index is 2.08. The van der Waals surface area contributed by atoms with E-state index in [1.807, 2.05) is 12.1 Å². The first-order valence-electron chi connectivity index (χ1n) is 5.40. The van der Waals surface area contributed by atoms with Crippen molar-refractivity contribution >= 4 is 17.7 Å². The van der Waals surface area contributed by atoms with E-state index in [-0.39, 0.29) is 24.8 Å². The van der Waals surface area contributed by atoms with Crippen molar-refractivity contribution < 1.29 is 14.6 Å². The van der Waals surface area contributed by atoms with Crippen molar-refractivity contribution in [1.82, 2.24) is 4.90 Å². The highest BCUT2D eigenvalue weighted by atomic mass is 35.5. The maximum Gasteiger partial charge on any atom is 0.410 e. The number of aliphatic hydroxyl groups excluding tert-OH is 1. The van der Waals surface area contributed by atoms with Crippen LogP contribution in [0.1, 0.15) is 5.56 Å². The molecule has 1 aliphatic heterocycles. The lowest BCUT2D eigenvalue weighted by atomic mass is 10.0. The Morgan fingerprint density at radius 2 is 2.06 bits per heavy atom. The van der Waals surface area contributed by atoms with E-state index in [1.165, 1.54) is 4.90 Å². The Kier molecular flexibility index (Phi) is 3.54. The van der Waals surface area contributed by atoms with Gasteiger partial charge in [-0.15, -0.1) is 0 Å². The van der Waals surface area contributed by atoms with Crippen LogP contribution in [0.2, 0.25) is 5.02 Å². The topological polar surface area (TPSA) is 49.8 Å². The summed E-state index contributed by atoms with van der Waals surface area (Å²) in [7, 11) is 1.63. The average molecular weight is 256 g/mol. The number of nitrogens with zero attached hydrogens (tertiary/aromatic N) is 1. The third-order valence-electron chi connectivity index (χ3n) is 3.00. The van der Waals surface area contributed by atoms with E-state index in [0.29, 0.717) is 11.4 Å². The van der Waals surface area contributed by atoms with Gasteiger partial charge in [0, 0.05) is 18.5 Å². The summed E-state index contributed by atoms with van der Waals surface area (Å²) < 4.78 is 5.21. The van der Waals surface area contributed by atoms with Crippen LogP contribution in [0.5, 0.6) is 0 Å². The fourth-order valence-electron chi connectivity index (χ4n) is 1.95. The molecular formula is C12H14ClNO3. The summed E-state index contributed by atoms with van der Waals surface area (Å²) in [6, 6.07) is 7.10. The maximum atomic E-state index is 11.4. The fraction of sp³-hybridized carbons (Fsp3) is 0.417. The number of cyclic esters (lactones) is 1. The number of likely N-dealkylation sites (N-methyl/N-ethyl adjacent to an activating group) is 1. The molecule has 1 amide bonds. The van der Waals surface area contributed by atoms with Crippen LogP contribution in [0.4, 0.5) is 4.79 Å². The first-order valence-corrected chi connectivity index (χ1v) is 5.78. The molecule has 0 aliphatic carbocycles. The van der Waals surface area contributed by atoms with Gasteiger partial charge in [0.15, 0.2) is 0 Å². The Hall–Kier alpha value is -1.26. The smallest absolute Gasteiger partial charge is 0.410 e. The molecule has 4 nitrogen and oxygen atoms in total. The summed E-state index contributed by atoms with van der Waals surface area (Å²) in [4.78, 5) is 12.8. The van der Waals surface area contributed by atoms with Gasteiger partial charge < -0.3 is 14.7 Å². The Bertz CT molecular complexity index is 407. The lowest BCUT2D eigenvalue weighted by Crippen LogP contribution is -2.37. The highest BCUT2D eigenvalue weighted by Gasteiger charge is 2.38. The molecule has 0 saturated carbocycles. The minimum atomic E-state index is -0.386. The molecule has 0 aromatic heterocycles. The van der Waals surface area contributed by atoms with Gasteiger partial charge in [0.1, 0.15) is 6.10 Å². The second-order valence-corrected chi connectivity index (χ2v) is 4.55. The molecule has 0 spiro atoms. The van der Waals surface area contributed by atoms with E-state index >= 15 is 0 Å². The van der Waals surface area contributed by atoms with Crippen LogP contribution in [0.25, 0.3) is 0 Å². The first-order chi connectivity index (χ1) is 8.11. The summed E-state index contributed by atoms with van der Waals surface area (Å²) in [6.07, 6.45) is -0.111. The van der Waals surface area contributed by atoms with Crippen molar-refractivity contribution in [1.29, 1.82) is 0 Å². The summed E-state index contributed by atoms with van der Waals surface area (Å²) in [5, 5.41) is 9.93. The molecule has 1 aliphatic rings. The molecule has 1 heterocycles. The third kappa shape index (κ3) is 2.53. The normalized spacial score (nSPS) is 23.9. The van der Waals surface area contributed by atoms with Crippen molar-refractivity contribution in [3.8, 4) is 0 Å². The fourth-order valence-corrected chi connectivity index (χ4v) is 2.07. The zero-order chi connectivity index (χ0) is 12.4. The van der Waals surface area contributed by atoms with Gasteiger partial charge in [-0.2, -0.15) is 0 Å². The van der Waals surface area contributed by atoms with E-state index in [0.717, 1.165) is 5.56 Å². The second-order valence-electron chi connectivity index (χ2n) is 4.11. The van der Waals surface area contributed by atoms with Gasteiger partial charge in [-0.05, 0) is 17.7 Å². The van der Waals surface area contributed by atoms with Crippen LogP contribution < -0.4 is 0 Å². The number of halogens is 1. The van der Waals surface area contributed by atoms with Crippen molar-refractivity contribution in [3.05, 3.63) is 34.9 Å². The van der Waals surface area contributed by atoms with Gasteiger partial charge in [-0.1, -0.05) is 23.7 Å². The number of hydrogen-bond acceptors (Lipinski definition) is 3. The molecule has 0 bridgehead atoms. The Morgan fingerprint density at radius 3 is 2.65 bits per heavy atom. The van der Waals surface area contributed by atoms with Crippen LogP contribution in [0.15, 0.2) is 24.3 Å². The number of carbonyl (C=O) groups is 1. The van der Waals surface area contributed by atoms with E-state index in [9.17, 15) is 9.90 Å². The number of amides is 1. The molecule has 5 heteroatoms. The minimum absolute atomic E-state index is 0.0967. The summed E-state index contributed by atoms with van der Waals surface area (Å²) in [5.74, 6) is 0. The summed E-state index contributed by atoms with van der Waals surface area (Å²) in [5.41, 5.74) is 1.03. The molecule has 17 heavy (non-hydrogen) atoms. The molecule has 1 saturated heterocycles. The lowest BCUT2D eigenvalue weighted by molar-refractivity contribution is 0.118. The molecular weight excluding hydrogens is 242 g/mol. The molecule has 92 valence electrons. The number of hydrogen-bond donors (Lipinski definition) is 1. The van der Waals surface area contributed by atoms with Crippen LogP contribution in [0, 0.1) is 0 Å². The predicted octanol–water partition coefficient (Wildman–Crippen LogP) is 1.69. The minimum Gasteiger partial charge on any atom is -0.443 e. The van der Waals surface area contributed by atoms with E-state index in [2.05, 4.69) is 0 Å². The van der Waals surface area contributed by atoms with Crippen LogP contribution >= 0.6 is 11.6 Å². The van der Waals surface area contributed by atoms with Gasteiger partial charge >= 0.3 is 6.09 Å². The van der Waals surface area contributed by atoms with Gasteiger partial charge in [0.05, 0.1) is 12.6 Å². The molecule has 1 aromatic rings. The standard InChI is InChI=1S/C12H14ClNO3/c1-14-10(7-15)11(17-12(14)16)6-8-2-4-9(13)5-3-8/h2-5,10-11,15H,6-7H2,1H3. The second kappa shape index (κ2) is 4.94. The number of rotatable bonds is 3. The summed E-state index contributed by atoms with van der Waals surface area (Å²) >= 11 is 5.80. The lowest BCUT2D eigenvalue weighted by Gasteiger charge is -2.18. The van der Waals surface area contributed by atoms with E-state index in [1.54, 1.807) is 19.2 Å². The van der Waals surface area contributed by atoms with Gasteiger partial charge in [-0.3, -0.25) is 0 Å². The number of carbonyl (C=O) groups excluding carboxylic acids is 1. The zero-order valence-corrected chi connectivity index (χ0v) is 10.2. The van der Waals surface area contributed by atoms with Crippen LogP contribution in [0.3, 0.4) is 0 Å². The molecule has 1 aromatic carbocycles. The van der Waals surface area contributed by atoms with Gasteiger partial charge in [0.2, 0.25) is 0 Å². The number of benzene rings is 1. The average Bonchev–Trinajstić information content (AvgIpc) is 2.58. The number of ether oxygens (including phenoxy) is 1. The van der Waals surface area contributed by atoms with Gasteiger partial charge in [-0.25, -0.2) is 4.79 Å². The molecule has 2 unspecified atom stereocenters. The van der Waals surface area contributed by atoms with Crippen molar-refractivity contribution in [3.63, 3.8) is 0 Å². The molecule has 1 fully saturated rings. The largest absolute Gasteiger partial charge is 0.443 e. The van der Waals surface area contributed by atoms with Crippen molar-refractivity contribution in [2.75, 3.05) is 13.7 Å². The third-order valence-corrected chi connectivity index (χ3v) is 3.26. The first kappa shape index (κ1) is 12.2. The summed E-state index contributed by atoms with van der Waals surface area (Å²) in [6.45, 7) is -0.0967. The molecule has 2 atom stereocenters. The maximum absolute atomic E-state index is 11.4. The number of aliphatic hydroxyl groups is 1. The zero-order valence-electron chi connectivity index (χ0n) is 9.47. The van der Waals surface area contributed by atoms with Crippen molar-refractivity contribution in [2.24, 2.45) is 0 Å². The quantitative estimate of drug-likeness (QED) is 0.894. The predicted molar refractivity (Wildman–Crippen MR) is 64.1 cm³/mol. The highest BCUT2D eigenvalue weighted by Crippen LogP contribution is 2.21. The Morgan fingerprint density at radius 1 is 1.41 bits per heavy atom. The molecule has 1 N–H and O–H groups in total. The van der Waals surface area contributed by atoms with Gasteiger partial charge in [0.25, 0.3) is 0 Å². The van der Waals surface area contributed by atoms with E-state index < -0.39 is 0 Å².